The summed E-state index contributed by atoms with van der Waals surface area (Å²) in [6, 6.07) is 64.3. The van der Waals surface area contributed by atoms with Crippen LogP contribution in [0.25, 0.3) is 56.2 Å². The average Bonchev–Trinajstić information content (AvgIpc) is 3.52. The van der Waals surface area contributed by atoms with Gasteiger partial charge in [-0.2, -0.15) is 5.26 Å². The maximum atomic E-state index is 9.32. The van der Waals surface area contributed by atoms with Crippen molar-refractivity contribution in [2.24, 2.45) is 0 Å². The van der Waals surface area contributed by atoms with Crippen molar-refractivity contribution >= 4 is 11.8 Å². The molecule has 2 heterocycles. The van der Waals surface area contributed by atoms with E-state index in [-0.39, 0.29) is 0 Å². The summed E-state index contributed by atoms with van der Waals surface area (Å²) in [5.74, 6) is 0.681. The minimum absolute atomic E-state index is 0.464. The lowest BCUT2D eigenvalue weighted by Gasteiger charge is -2.39. The molecule has 0 fully saturated rings. The highest BCUT2D eigenvalue weighted by Gasteiger charge is 2.50. The number of fused-ring (bicyclic) bond motifs is 9. The first kappa shape index (κ1) is 30.3. The molecule has 7 aromatic carbocycles. The minimum atomic E-state index is -0.464. The van der Waals surface area contributed by atoms with Gasteiger partial charge in [-0.1, -0.05) is 145 Å². The molecule has 1 spiro atoms. The van der Waals surface area contributed by atoms with E-state index in [9.17, 15) is 5.26 Å². The molecule has 2 aliphatic rings. The van der Waals surface area contributed by atoms with Gasteiger partial charge >= 0.3 is 0 Å². The van der Waals surface area contributed by atoms with Gasteiger partial charge in [0.15, 0.2) is 5.82 Å². The van der Waals surface area contributed by atoms with Gasteiger partial charge in [0, 0.05) is 26.5 Å². The molecule has 52 heavy (non-hydrogen) atoms. The number of hydrogen-bond donors (Lipinski definition) is 0. The molecule has 0 bridgehead atoms. The number of nitrogens with zero attached hydrogens (tertiary/aromatic N) is 3. The summed E-state index contributed by atoms with van der Waals surface area (Å²) in [5.41, 5.74) is 14.8. The molecule has 0 saturated heterocycles. The summed E-state index contributed by atoms with van der Waals surface area (Å²) < 4.78 is 0. The molecule has 242 valence electrons. The maximum absolute atomic E-state index is 9.32. The highest BCUT2D eigenvalue weighted by Crippen LogP contribution is 2.62. The summed E-state index contributed by atoms with van der Waals surface area (Å²) >= 11 is 1.85. The Hall–Kier alpha value is -6.54. The maximum Gasteiger partial charge on any atom is 0.160 e. The molecule has 10 rings (SSSR count). The van der Waals surface area contributed by atoms with E-state index in [1.165, 1.54) is 43.2 Å². The summed E-state index contributed by atoms with van der Waals surface area (Å²) in [7, 11) is 0. The number of benzene rings is 7. The van der Waals surface area contributed by atoms with Crippen molar-refractivity contribution in [2.75, 3.05) is 0 Å². The fourth-order valence-electron chi connectivity index (χ4n) is 8.07. The Morgan fingerprint density at radius 1 is 0.423 bits per heavy atom. The summed E-state index contributed by atoms with van der Waals surface area (Å²) in [5, 5.41) is 9.32. The first-order chi connectivity index (χ1) is 25.7. The van der Waals surface area contributed by atoms with E-state index in [0.717, 1.165) is 39.2 Å². The van der Waals surface area contributed by atoms with Crippen LogP contribution in [0.1, 0.15) is 27.8 Å². The van der Waals surface area contributed by atoms with Gasteiger partial charge in [0.2, 0.25) is 0 Å². The van der Waals surface area contributed by atoms with Crippen LogP contribution in [-0.4, -0.2) is 9.97 Å². The van der Waals surface area contributed by atoms with E-state index < -0.39 is 5.41 Å². The second kappa shape index (κ2) is 12.1. The van der Waals surface area contributed by atoms with Crippen molar-refractivity contribution in [3.8, 4) is 62.2 Å². The molecule has 0 atom stereocenters. The van der Waals surface area contributed by atoms with E-state index in [2.05, 4.69) is 140 Å². The van der Waals surface area contributed by atoms with Gasteiger partial charge in [0.05, 0.1) is 28.4 Å². The van der Waals surface area contributed by atoms with Crippen molar-refractivity contribution in [3.63, 3.8) is 0 Å². The largest absolute Gasteiger partial charge is 0.228 e. The van der Waals surface area contributed by atoms with E-state index in [1.807, 2.05) is 54.2 Å². The van der Waals surface area contributed by atoms with Gasteiger partial charge in [-0.3, -0.25) is 0 Å². The lowest BCUT2D eigenvalue weighted by molar-refractivity contribution is 0.722. The van der Waals surface area contributed by atoms with Crippen LogP contribution < -0.4 is 0 Å². The Morgan fingerprint density at radius 3 is 1.69 bits per heavy atom. The summed E-state index contributed by atoms with van der Waals surface area (Å²) in [6.07, 6.45) is 0. The van der Waals surface area contributed by atoms with Gasteiger partial charge in [-0.05, 0) is 87.0 Å². The molecule has 1 aromatic heterocycles. The molecule has 4 heteroatoms. The highest BCUT2D eigenvalue weighted by atomic mass is 32.2. The van der Waals surface area contributed by atoms with Crippen LogP contribution in [0.5, 0.6) is 0 Å². The van der Waals surface area contributed by atoms with E-state index in [1.54, 1.807) is 0 Å². The first-order valence-electron chi connectivity index (χ1n) is 17.4. The Balaban J connectivity index is 1.19. The summed E-state index contributed by atoms with van der Waals surface area (Å²) in [6.45, 7) is 0. The molecule has 0 unspecified atom stereocenters. The predicted octanol–water partition coefficient (Wildman–Crippen LogP) is 11.8. The monoisotopic (exact) mass is 679 g/mol. The number of rotatable bonds is 4. The van der Waals surface area contributed by atoms with Gasteiger partial charge in [0.1, 0.15) is 0 Å². The fourth-order valence-corrected chi connectivity index (χ4v) is 9.24. The zero-order chi connectivity index (χ0) is 34.6. The fraction of sp³-hybridized carbons (Fsp3) is 0.0208. The van der Waals surface area contributed by atoms with Crippen LogP contribution in [0.2, 0.25) is 0 Å². The molecule has 0 N–H and O–H groups in total. The van der Waals surface area contributed by atoms with Crippen LogP contribution in [0.4, 0.5) is 0 Å². The van der Waals surface area contributed by atoms with E-state index >= 15 is 0 Å². The molecule has 0 saturated carbocycles. The standard InChI is InChI=1S/C48H29N3S/c49-30-31-21-23-32(24-22-31)34-13-10-14-35(27-34)43-29-44(51-47(50-43)33-11-2-1-3-12-33)36-25-26-46-42(28-36)48(41-19-8-9-20-45(41)52-46)39-17-6-4-15-37(39)38-16-5-7-18-40(38)48/h1-29H. The third-order valence-electron chi connectivity index (χ3n) is 10.4. The molecule has 8 aromatic rings. The zero-order valence-corrected chi connectivity index (χ0v) is 28.8. The SMILES string of the molecule is N#Cc1ccc(-c2cccc(-c3cc(-c4ccc5c(c4)C4(c6ccccc6S5)c5ccccc5-c5ccccc54)nc(-c4ccccc4)n3)c2)cc1. The second-order valence-electron chi connectivity index (χ2n) is 13.2. The molecule has 1 aliphatic carbocycles. The predicted molar refractivity (Wildman–Crippen MR) is 210 cm³/mol. The van der Waals surface area contributed by atoms with Gasteiger partial charge in [-0.15, -0.1) is 0 Å². The number of hydrogen-bond acceptors (Lipinski definition) is 4. The number of nitriles is 1. The van der Waals surface area contributed by atoms with Crippen LogP contribution in [0.3, 0.4) is 0 Å². The lowest BCUT2D eigenvalue weighted by Crippen LogP contribution is -2.32. The molecule has 1 aliphatic heterocycles. The highest BCUT2D eigenvalue weighted by molar-refractivity contribution is 7.99. The Bertz CT molecular complexity index is 2680. The van der Waals surface area contributed by atoms with Crippen molar-refractivity contribution in [3.05, 3.63) is 204 Å². The van der Waals surface area contributed by atoms with E-state index in [0.29, 0.717) is 11.4 Å². The van der Waals surface area contributed by atoms with Crippen LogP contribution in [0, 0.1) is 11.3 Å². The average molecular weight is 680 g/mol. The quantitative estimate of drug-likeness (QED) is 0.186. The molecular formula is C48H29N3S. The van der Waals surface area contributed by atoms with Crippen molar-refractivity contribution in [1.29, 1.82) is 5.26 Å². The summed E-state index contributed by atoms with van der Waals surface area (Å²) in [4.78, 5) is 12.9. The molecule has 0 amide bonds. The lowest BCUT2D eigenvalue weighted by atomic mass is 9.67. The Morgan fingerprint density at radius 2 is 0.981 bits per heavy atom. The third kappa shape index (κ3) is 4.67. The second-order valence-corrected chi connectivity index (χ2v) is 14.3. The van der Waals surface area contributed by atoms with E-state index in [4.69, 9.17) is 9.97 Å². The van der Waals surface area contributed by atoms with Crippen molar-refractivity contribution in [1.82, 2.24) is 9.97 Å². The molecular weight excluding hydrogens is 651 g/mol. The topological polar surface area (TPSA) is 49.6 Å². The van der Waals surface area contributed by atoms with Crippen LogP contribution in [-0.2, 0) is 5.41 Å². The zero-order valence-electron chi connectivity index (χ0n) is 28.0. The Labute approximate surface area is 307 Å². The smallest absolute Gasteiger partial charge is 0.160 e. The van der Waals surface area contributed by atoms with Crippen LogP contribution >= 0.6 is 11.8 Å². The Kier molecular flexibility index (Phi) is 7.02. The van der Waals surface area contributed by atoms with Crippen LogP contribution in [0.15, 0.2) is 186 Å². The van der Waals surface area contributed by atoms with Crippen molar-refractivity contribution in [2.45, 2.75) is 15.2 Å². The van der Waals surface area contributed by atoms with Gasteiger partial charge in [-0.25, -0.2) is 9.97 Å². The normalized spacial score (nSPS) is 13.1. The van der Waals surface area contributed by atoms with Gasteiger partial charge in [0.25, 0.3) is 0 Å². The minimum Gasteiger partial charge on any atom is -0.228 e. The number of aromatic nitrogens is 2. The van der Waals surface area contributed by atoms with Crippen molar-refractivity contribution < 1.29 is 0 Å². The van der Waals surface area contributed by atoms with Gasteiger partial charge < -0.3 is 0 Å². The molecule has 0 radical (unpaired) electrons. The first-order valence-corrected chi connectivity index (χ1v) is 18.2. The third-order valence-corrected chi connectivity index (χ3v) is 11.6. The molecule has 3 nitrogen and oxygen atoms in total.